The lowest BCUT2D eigenvalue weighted by Gasteiger charge is -2.31. The van der Waals surface area contributed by atoms with E-state index >= 15 is 0 Å². The van der Waals surface area contributed by atoms with Gasteiger partial charge in [-0.15, -0.1) is 0 Å². The number of piperidine rings is 1. The lowest BCUT2D eigenvalue weighted by atomic mass is 10.00. The first-order chi connectivity index (χ1) is 12.5. The number of likely N-dealkylation sites (tertiary alicyclic amines) is 1. The molecule has 0 aliphatic carbocycles. The van der Waals surface area contributed by atoms with Gasteiger partial charge in [0.05, 0.1) is 0 Å². The average molecular weight is 352 g/mol. The van der Waals surface area contributed by atoms with Crippen LogP contribution in [0.2, 0.25) is 0 Å². The summed E-state index contributed by atoms with van der Waals surface area (Å²) >= 11 is 0. The van der Waals surface area contributed by atoms with Gasteiger partial charge in [-0.25, -0.2) is 9.97 Å². The van der Waals surface area contributed by atoms with E-state index in [4.69, 9.17) is 0 Å². The van der Waals surface area contributed by atoms with Crippen LogP contribution in [0.3, 0.4) is 0 Å². The molecule has 0 radical (unpaired) electrons. The Morgan fingerprint density at radius 2 is 2.08 bits per heavy atom. The summed E-state index contributed by atoms with van der Waals surface area (Å²) in [6, 6.07) is 10.2. The molecule has 1 unspecified atom stereocenters. The van der Waals surface area contributed by atoms with Crippen molar-refractivity contribution in [2.45, 2.75) is 40.5 Å². The maximum Gasteiger partial charge on any atom is 0.272 e. The molecule has 1 amide bonds. The second kappa shape index (κ2) is 7.85. The molecule has 0 saturated carbocycles. The van der Waals surface area contributed by atoms with Crippen LogP contribution < -0.4 is 4.90 Å². The van der Waals surface area contributed by atoms with Crippen LogP contribution in [0.4, 0.5) is 11.5 Å². The van der Waals surface area contributed by atoms with Crippen molar-refractivity contribution in [3.8, 4) is 0 Å². The molecule has 2 aromatic rings. The van der Waals surface area contributed by atoms with Gasteiger partial charge in [0.25, 0.3) is 5.91 Å². The number of nitrogens with zero attached hydrogens (tertiary/aromatic N) is 4. The molecule has 5 heteroatoms. The third kappa shape index (κ3) is 4.03. The zero-order valence-electron chi connectivity index (χ0n) is 16.2. The Morgan fingerprint density at radius 1 is 1.27 bits per heavy atom. The molecule has 1 aromatic carbocycles. The van der Waals surface area contributed by atoms with Gasteiger partial charge in [0.2, 0.25) is 0 Å². The highest BCUT2D eigenvalue weighted by Gasteiger charge is 2.24. The van der Waals surface area contributed by atoms with Gasteiger partial charge >= 0.3 is 0 Å². The van der Waals surface area contributed by atoms with Crippen LogP contribution in [0.15, 0.2) is 30.3 Å². The molecule has 1 aliphatic heterocycles. The molecular weight excluding hydrogens is 324 g/mol. The van der Waals surface area contributed by atoms with Gasteiger partial charge in [0, 0.05) is 31.4 Å². The van der Waals surface area contributed by atoms with Gasteiger partial charge in [0.15, 0.2) is 0 Å². The van der Waals surface area contributed by atoms with Crippen molar-refractivity contribution in [2.24, 2.45) is 5.92 Å². The number of amides is 1. The lowest BCUT2D eigenvalue weighted by Crippen LogP contribution is -2.39. The minimum absolute atomic E-state index is 0.0172. The van der Waals surface area contributed by atoms with Gasteiger partial charge in [-0.2, -0.15) is 0 Å². The Balaban J connectivity index is 1.92. The number of rotatable bonds is 4. The van der Waals surface area contributed by atoms with Gasteiger partial charge in [0.1, 0.15) is 17.3 Å². The van der Waals surface area contributed by atoms with Gasteiger partial charge in [-0.3, -0.25) is 4.79 Å². The summed E-state index contributed by atoms with van der Waals surface area (Å²) in [5, 5.41) is 0. The van der Waals surface area contributed by atoms with E-state index in [2.05, 4.69) is 53.8 Å². The van der Waals surface area contributed by atoms with Crippen LogP contribution in [-0.4, -0.2) is 40.4 Å². The standard InChI is InChI=1S/C21H28N4O/c1-5-25(18-10-6-8-15(2)12-18)20-13-19(22-17(4)23-20)21(26)24-11-7-9-16(3)14-24/h6,8,10,12-13,16H,5,7,9,11,14H2,1-4H3. The number of aryl methyl sites for hydroxylation is 2. The highest BCUT2D eigenvalue weighted by Crippen LogP contribution is 2.25. The number of aromatic nitrogens is 2. The first kappa shape index (κ1) is 18.4. The van der Waals surface area contributed by atoms with E-state index in [1.54, 1.807) is 0 Å². The Hall–Kier alpha value is -2.43. The second-order valence-corrected chi connectivity index (χ2v) is 7.24. The number of carbonyl (C=O) groups is 1. The summed E-state index contributed by atoms with van der Waals surface area (Å²) in [7, 11) is 0. The fourth-order valence-corrected chi connectivity index (χ4v) is 3.61. The summed E-state index contributed by atoms with van der Waals surface area (Å²) in [6.45, 7) is 10.6. The molecular formula is C21H28N4O. The van der Waals surface area contributed by atoms with Crippen LogP contribution in [0.5, 0.6) is 0 Å². The highest BCUT2D eigenvalue weighted by molar-refractivity contribution is 5.93. The van der Waals surface area contributed by atoms with Crippen LogP contribution in [0.1, 0.15) is 48.6 Å². The maximum atomic E-state index is 13.0. The number of benzene rings is 1. The van der Waals surface area contributed by atoms with Crippen LogP contribution >= 0.6 is 0 Å². The maximum absolute atomic E-state index is 13.0. The summed E-state index contributed by atoms with van der Waals surface area (Å²) in [5.74, 6) is 1.97. The second-order valence-electron chi connectivity index (χ2n) is 7.24. The molecule has 1 fully saturated rings. The van der Waals surface area contributed by atoms with Crippen molar-refractivity contribution in [1.82, 2.24) is 14.9 Å². The summed E-state index contributed by atoms with van der Waals surface area (Å²) in [6.07, 6.45) is 2.25. The molecule has 0 bridgehead atoms. The third-order valence-corrected chi connectivity index (χ3v) is 4.89. The molecule has 1 saturated heterocycles. The molecule has 2 heterocycles. The predicted octanol–water partition coefficient (Wildman–Crippen LogP) is 4.12. The molecule has 138 valence electrons. The van der Waals surface area contributed by atoms with Gasteiger partial charge < -0.3 is 9.80 Å². The number of carbonyl (C=O) groups excluding carboxylic acids is 1. The molecule has 1 atom stereocenters. The minimum Gasteiger partial charge on any atom is -0.337 e. The monoisotopic (exact) mass is 352 g/mol. The largest absolute Gasteiger partial charge is 0.337 e. The minimum atomic E-state index is 0.0172. The Kier molecular flexibility index (Phi) is 5.55. The van der Waals surface area contributed by atoms with E-state index in [0.29, 0.717) is 17.4 Å². The van der Waals surface area contributed by atoms with Gasteiger partial charge in [-0.05, 0) is 57.2 Å². The lowest BCUT2D eigenvalue weighted by molar-refractivity contribution is 0.0676. The van der Waals surface area contributed by atoms with E-state index in [0.717, 1.165) is 37.6 Å². The summed E-state index contributed by atoms with van der Waals surface area (Å²) < 4.78 is 0. The smallest absolute Gasteiger partial charge is 0.272 e. The quantitative estimate of drug-likeness (QED) is 0.830. The van der Waals surface area contributed by atoms with Crippen molar-refractivity contribution in [3.63, 3.8) is 0 Å². The first-order valence-electron chi connectivity index (χ1n) is 9.47. The number of hydrogen-bond donors (Lipinski definition) is 0. The van der Waals surface area contributed by atoms with Crippen molar-refractivity contribution in [3.05, 3.63) is 47.4 Å². The van der Waals surface area contributed by atoms with Crippen molar-refractivity contribution >= 4 is 17.4 Å². The van der Waals surface area contributed by atoms with Crippen molar-refractivity contribution < 1.29 is 4.79 Å². The topological polar surface area (TPSA) is 49.3 Å². The van der Waals surface area contributed by atoms with E-state index in [1.165, 1.54) is 12.0 Å². The predicted molar refractivity (Wildman–Crippen MR) is 105 cm³/mol. The molecule has 5 nitrogen and oxygen atoms in total. The molecule has 0 N–H and O–H groups in total. The SMILES string of the molecule is CCN(c1cccc(C)c1)c1cc(C(=O)N2CCCC(C)C2)nc(C)n1. The molecule has 1 aromatic heterocycles. The third-order valence-electron chi connectivity index (χ3n) is 4.89. The van der Waals surface area contributed by atoms with Crippen molar-refractivity contribution in [1.29, 1.82) is 0 Å². The highest BCUT2D eigenvalue weighted by atomic mass is 16.2. The Bertz CT molecular complexity index is 789. The fourth-order valence-electron chi connectivity index (χ4n) is 3.61. The van der Waals surface area contributed by atoms with E-state index in [1.807, 2.05) is 24.0 Å². The molecule has 1 aliphatic rings. The molecule has 3 rings (SSSR count). The molecule has 26 heavy (non-hydrogen) atoms. The number of hydrogen-bond acceptors (Lipinski definition) is 4. The van der Waals surface area contributed by atoms with Crippen LogP contribution in [0.25, 0.3) is 0 Å². The zero-order chi connectivity index (χ0) is 18.7. The fraction of sp³-hybridized carbons (Fsp3) is 0.476. The summed E-state index contributed by atoms with van der Waals surface area (Å²) in [5.41, 5.74) is 2.77. The van der Waals surface area contributed by atoms with E-state index < -0.39 is 0 Å². The summed E-state index contributed by atoms with van der Waals surface area (Å²) in [4.78, 5) is 26.1. The molecule has 0 spiro atoms. The van der Waals surface area contributed by atoms with E-state index in [9.17, 15) is 4.79 Å². The zero-order valence-corrected chi connectivity index (χ0v) is 16.2. The number of anilines is 2. The average Bonchev–Trinajstić information content (AvgIpc) is 2.61. The van der Waals surface area contributed by atoms with Crippen LogP contribution in [0, 0.1) is 19.8 Å². The van der Waals surface area contributed by atoms with Gasteiger partial charge in [-0.1, -0.05) is 19.1 Å². The Morgan fingerprint density at radius 3 is 2.77 bits per heavy atom. The normalized spacial score (nSPS) is 17.2. The van der Waals surface area contributed by atoms with E-state index in [-0.39, 0.29) is 5.91 Å². The first-order valence-corrected chi connectivity index (χ1v) is 9.47. The van der Waals surface area contributed by atoms with Crippen LogP contribution in [-0.2, 0) is 0 Å². The van der Waals surface area contributed by atoms with Crippen molar-refractivity contribution in [2.75, 3.05) is 24.5 Å². The Labute approximate surface area is 156 Å².